The third kappa shape index (κ3) is 3.45. The first-order chi connectivity index (χ1) is 8.49. The van der Waals surface area contributed by atoms with Gasteiger partial charge in [-0.2, -0.15) is 0 Å². The standard InChI is InChI=1S/C13H21N3O2/c1-8-5-9(2)12(18-4)10(6-8)7-11(14)13(17)16-15-3/h5-6,11,15H,7,14H2,1-4H3,(H,16,17). The number of carbonyl (C=O) groups excluding carboxylic acids is 1. The van der Waals surface area contributed by atoms with Crippen LogP contribution in [-0.4, -0.2) is 26.1 Å². The second-order valence-electron chi connectivity index (χ2n) is 4.32. The van der Waals surface area contributed by atoms with Gasteiger partial charge in [0.05, 0.1) is 13.2 Å². The highest BCUT2D eigenvalue weighted by atomic mass is 16.5. The highest BCUT2D eigenvalue weighted by Gasteiger charge is 2.17. The Morgan fingerprint density at radius 1 is 1.44 bits per heavy atom. The van der Waals surface area contributed by atoms with Crippen molar-refractivity contribution in [2.45, 2.75) is 26.3 Å². The summed E-state index contributed by atoms with van der Waals surface area (Å²) in [6.45, 7) is 3.99. The molecule has 1 rings (SSSR count). The fraction of sp³-hybridized carbons (Fsp3) is 0.462. The zero-order valence-electron chi connectivity index (χ0n) is 11.3. The Bertz CT molecular complexity index is 432. The van der Waals surface area contributed by atoms with Crippen LogP contribution in [0.15, 0.2) is 12.1 Å². The number of hydrazine groups is 1. The zero-order chi connectivity index (χ0) is 13.7. The second-order valence-corrected chi connectivity index (χ2v) is 4.32. The summed E-state index contributed by atoms with van der Waals surface area (Å²) in [6.07, 6.45) is 0.444. The van der Waals surface area contributed by atoms with Crippen LogP contribution in [0.5, 0.6) is 5.75 Å². The summed E-state index contributed by atoms with van der Waals surface area (Å²) in [5, 5.41) is 0. The molecule has 0 radical (unpaired) electrons. The van der Waals surface area contributed by atoms with Crippen LogP contribution in [0.2, 0.25) is 0 Å². The van der Waals surface area contributed by atoms with Crippen LogP contribution in [0.25, 0.3) is 0 Å². The molecule has 1 aromatic rings. The van der Waals surface area contributed by atoms with Crippen molar-refractivity contribution in [3.8, 4) is 5.75 Å². The van der Waals surface area contributed by atoms with E-state index in [2.05, 4.69) is 10.9 Å². The van der Waals surface area contributed by atoms with Gasteiger partial charge in [-0.1, -0.05) is 17.7 Å². The Hall–Kier alpha value is -1.59. The lowest BCUT2D eigenvalue weighted by molar-refractivity contribution is -0.123. The van der Waals surface area contributed by atoms with E-state index in [1.807, 2.05) is 26.0 Å². The van der Waals surface area contributed by atoms with Gasteiger partial charge in [-0.3, -0.25) is 10.2 Å². The smallest absolute Gasteiger partial charge is 0.251 e. The molecule has 0 spiro atoms. The second kappa shape index (κ2) is 6.37. The van der Waals surface area contributed by atoms with E-state index in [9.17, 15) is 4.79 Å². The van der Waals surface area contributed by atoms with E-state index in [4.69, 9.17) is 10.5 Å². The van der Waals surface area contributed by atoms with E-state index in [0.29, 0.717) is 6.42 Å². The summed E-state index contributed by atoms with van der Waals surface area (Å²) in [4.78, 5) is 11.6. The molecule has 1 atom stereocenters. The van der Waals surface area contributed by atoms with Gasteiger partial charge >= 0.3 is 0 Å². The molecule has 18 heavy (non-hydrogen) atoms. The van der Waals surface area contributed by atoms with Gasteiger partial charge in [0.1, 0.15) is 5.75 Å². The predicted octanol–water partition coefficient (Wildman–Crippen LogP) is 0.432. The molecule has 5 heteroatoms. The van der Waals surface area contributed by atoms with Crippen molar-refractivity contribution >= 4 is 5.91 Å². The summed E-state index contributed by atoms with van der Waals surface area (Å²) >= 11 is 0. The predicted molar refractivity (Wildman–Crippen MR) is 71.3 cm³/mol. The molecule has 0 aromatic heterocycles. The fourth-order valence-corrected chi connectivity index (χ4v) is 2.03. The number of nitrogens with two attached hydrogens (primary N) is 1. The van der Waals surface area contributed by atoms with E-state index in [1.165, 1.54) is 0 Å². The van der Waals surface area contributed by atoms with Gasteiger partial charge in [0.25, 0.3) is 5.91 Å². The topological polar surface area (TPSA) is 76.4 Å². The summed E-state index contributed by atoms with van der Waals surface area (Å²) < 4.78 is 5.37. The molecular formula is C13H21N3O2. The summed E-state index contributed by atoms with van der Waals surface area (Å²) in [7, 11) is 3.25. The van der Waals surface area contributed by atoms with Gasteiger partial charge in [-0.15, -0.1) is 0 Å². The van der Waals surface area contributed by atoms with Gasteiger partial charge in [0.15, 0.2) is 0 Å². The van der Waals surface area contributed by atoms with E-state index >= 15 is 0 Å². The molecule has 1 aromatic carbocycles. The number of amides is 1. The molecule has 100 valence electrons. The Morgan fingerprint density at radius 3 is 2.67 bits per heavy atom. The molecule has 0 aliphatic heterocycles. The van der Waals surface area contributed by atoms with Crippen LogP contribution in [0.4, 0.5) is 0 Å². The van der Waals surface area contributed by atoms with Crippen molar-refractivity contribution in [2.24, 2.45) is 5.73 Å². The number of rotatable bonds is 5. The lowest BCUT2D eigenvalue weighted by atomic mass is 9.99. The summed E-state index contributed by atoms with van der Waals surface area (Å²) in [5.74, 6) is 0.562. The van der Waals surface area contributed by atoms with Crippen LogP contribution in [0.1, 0.15) is 16.7 Å². The quantitative estimate of drug-likeness (QED) is 0.663. The van der Waals surface area contributed by atoms with Gasteiger partial charge in [-0.25, -0.2) is 5.43 Å². The number of carbonyl (C=O) groups is 1. The first-order valence-corrected chi connectivity index (χ1v) is 5.86. The van der Waals surface area contributed by atoms with Crippen LogP contribution in [-0.2, 0) is 11.2 Å². The minimum atomic E-state index is -0.604. The molecule has 0 bridgehead atoms. The monoisotopic (exact) mass is 251 g/mol. The molecule has 0 saturated heterocycles. The van der Waals surface area contributed by atoms with Crippen LogP contribution in [0.3, 0.4) is 0 Å². The zero-order valence-corrected chi connectivity index (χ0v) is 11.3. The van der Waals surface area contributed by atoms with Gasteiger partial charge in [-0.05, 0) is 25.0 Å². The highest BCUT2D eigenvalue weighted by molar-refractivity contribution is 5.81. The summed E-state index contributed by atoms with van der Waals surface area (Å²) in [6, 6.07) is 3.44. The number of hydrogen-bond acceptors (Lipinski definition) is 4. The van der Waals surface area contributed by atoms with Crippen molar-refractivity contribution in [2.75, 3.05) is 14.2 Å². The van der Waals surface area contributed by atoms with Crippen LogP contribution >= 0.6 is 0 Å². The molecule has 5 nitrogen and oxygen atoms in total. The molecule has 0 saturated carbocycles. The maximum absolute atomic E-state index is 11.6. The normalized spacial score (nSPS) is 12.1. The Balaban J connectivity index is 2.93. The molecule has 1 unspecified atom stereocenters. The number of ether oxygens (including phenoxy) is 1. The maximum atomic E-state index is 11.6. The highest BCUT2D eigenvalue weighted by Crippen LogP contribution is 2.25. The van der Waals surface area contributed by atoms with Crippen molar-refractivity contribution in [3.63, 3.8) is 0 Å². The molecule has 0 aliphatic carbocycles. The minimum absolute atomic E-state index is 0.237. The average Bonchev–Trinajstić information content (AvgIpc) is 2.28. The molecule has 0 heterocycles. The van der Waals surface area contributed by atoms with Crippen molar-refractivity contribution < 1.29 is 9.53 Å². The SMILES string of the molecule is CNNC(=O)C(N)Cc1cc(C)cc(C)c1OC. The van der Waals surface area contributed by atoms with Crippen molar-refractivity contribution in [1.29, 1.82) is 0 Å². The molecule has 1 amide bonds. The van der Waals surface area contributed by atoms with E-state index in [1.54, 1.807) is 14.2 Å². The van der Waals surface area contributed by atoms with E-state index in [-0.39, 0.29) is 5.91 Å². The lowest BCUT2D eigenvalue weighted by Gasteiger charge is -2.16. The molecular weight excluding hydrogens is 230 g/mol. The number of aryl methyl sites for hydroxylation is 2. The lowest BCUT2D eigenvalue weighted by Crippen LogP contribution is -2.46. The number of hydrogen-bond donors (Lipinski definition) is 3. The number of methoxy groups -OCH3 is 1. The average molecular weight is 251 g/mol. The third-order valence-corrected chi connectivity index (χ3v) is 2.72. The fourth-order valence-electron chi connectivity index (χ4n) is 2.03. The van der Waals surface area contributed by atoms with Crippen LogP contribution < -0.4 is 21.3 Å². The van der Waals surface area contributed by atoms with Crippen molar-refractivity contribution in [3.05, 3.63) is 28.8 Å². The van der Waals surface area contributed by atoms with Crippen molar-refractivity contribution in [1.82, 2.24) is 10.9 Å². The third-order valence-electron chi connectivity index (χ3n) is 2.72. The maximum Gasteiger partial charge on any atom is 0.251 e. The number of nitrogens with one attached hydrogen (secondary N) is 2. The van der Waals surface area contributed by atoms with Gasteiger partial charge in [0.2, 0.25) is 0 Å². The molecule has 0 aliphatic rings. The first-order valence-electron chi connectivity index (χ1n) is 5.86. The van der Waals surface area contributed by atoms with Gasteiger partial charge in [0, 0.05) is 13.5 Å². The Morgan fingerprint density at radius 2 is 2.11 bits per heavy atom. The molecule has 4 N–H and O–H groups in total. The minimum Gasteiger partial charge on any atom is -0.496 e. The Labute approximate surface area is 108 Å². The number of benzene rings is 1. The molecule has 0 fully saturated rings. The first kappa shape index (κ1) is 14.5. The van der Waals surface area contributed by atoms with E-state index < -0.39 is 6.04 Å². The van der Waals surface area contributed by atoms with Gasteiger partial charge < -0.3 is 10.5 Å². The van der Waals surface area contributed by atoms with Crippen LogP contribution in [0, 0.1) is 13.8 Å². The Kier molecular flexibility index (Phi) is 5.12. The summed E-state index contributed by atoms with van der Waals surface area (Å²) in [5.41, 5.74) is 14.0. The van der Waals surface area contributed by atoms with E-state index in [0.717, 1.165) is 22.4 Å². The largest absolute Gasteiger partial charge is 0.496 e.